The van der Waals surface area contributed by atoms with E-state index in [0.717, 1.165) is 37.5 Å². The number of nitrogens with zero attached hydrogens (tertiary/aromatic N) is 2. The second-order valence-corrected chi connectivity index (χ2v) is 5.47. The molecule has 4 nitrogen and oxygen atoms in total. The number of nitrogens with two attached hydrogens (primary N) is 1. The number of thiazole rings is 1. The van der Waals surface area contributed by atoms with E-state index in [-0.39, 0.29) is 5.91 Å². The van der Waals surface area contributed by atoms with Crippen LogP contribution in [0.5, 0.6) is 0 Å². The van der Waals surface area contributed by atoms with Gasteiger partial charge in [-0.3, -0.25) is 4.79 Å². The molecule has 16 heavy (non-hydrogen) atoms. The number of hydrogen-bond donors (Lipinski definition) is 1. The van der Waals surface area contributed by atoms with Gasteiger partial charge in [-0.15, -0.1) is 0 Å². The molecule has 1 saturated heterocycles. The van der Waals surface area contributed by atoms with Crippen LogP contribution >= 0.6 is 11.3 Å². The van der Waals surface area contributed by atoms with Gasteiger partial charge in [0.1, 0.15) is 4.88 Å². The first-order chi connectivity index (χ1) is 7.58. The lowest BCUT2D eigenvalue weighted by Crippen LogP contribution is -2.37. The van der Waals surface area contributed by atoms with E-state index in [1.54, 1.807) is 0 Å². The summed E-state index contributed by atoms with van der Waals surface area (Å²) >= 11 is 1.29. The summed E-state index contributed by atoms with van der Waals surface area (Å²) in [5.41, 5.74) is 6.36. The molecule has 5 heteroatoms. The minimum Gasteiger partial charge on any atom is -0.375 e. The average Bonchev–Trinajstić information content (AvgIpc) is 2.58. The maximum Gasteiger partial charge on any atom is 0.265 e. The second-order valence-electron chi connectivity index (χ2n) is 4.44. The van der Waals surface area contributed by atoms with Gasteiger partial charge >= 0.3 is 0 Å². The van der Waals surface area contributed by atoms with Crippen LogP contribution in [0.25, 0.3) is 0 Å². The van der Waals surface area contributed by atoms with Gasteiger partial charge in [-0.2, -0.15) is 0 Å². The predicted molar refractivity (Wildman–Crippen MR) is 65.6 cm³/mol. The lowest BCUT2D eigenvalue weighted by atomic mass is 9.99. The molecule has 0 aliphatic carbocycles. The zero-order valence-electron chi connectivity index (χ0n) is 9.69. The Morgan fingerprint density at radius 2 is 2.12 bits per heavy atom. The Kier molecular flexibility index (Phi) is 3.14. The van der Waals surface area contributed by atoms with Crippen molar-refractivity contribution in [2.24, 2.45) is 5.92 Å². The molecule has 1 fully saturated rings. The fraction of sp³-hybridized carbons (Fsp3) is 0.636. The average molecular weight is 239 g/mol. The molecule has 1 amide bonds. The summed E-state index contributed by atoms with van der Waals surface area (Å²) in [6.45, 7) is 5.79. The Hall–Kier alpha value is -1.10. The van der Waals surface area contributed by atoms with Gasteiger partial charge in [0.05, 0.1) is 5.69 Å². The van der Waals surface area contributed by atoms with Crippen molar-refractivity contribution in [1.29, 1.82) is 0 Å². The highest BCUT2D eigenvalue weighted by Gasteiger charge is 2.24. The van der Waals surface area contributed by atoms with Crippen molar-refractivity contribution in [3.8, 4) is 0 Å². The molecular weight excluding hydrogens is 222 g/mol. The molecule has 1 aliphatic heterocycles. The van der Waals surface area contributed by atoms with Crippen molar-refractivity contribution in [2.45, 2.75) is 26.7 Å². The topological polar surface area (TPSA) is 59.2 Å². The molecule has 1 aromatic rings. The Bertz CT molecular complexity index is 394. The van der Waals surface area contributed by atoms with Crippen molar-refractivity contribution < 1.29 is 4.79 Å². The van der Waals surface area contributed by atoms with Gasteiger partial charge in [0.2, 0.25) is 0 Å². The van der Waals surface area contributed by atoms with E-state index in [4.69, 9.17) is 5.73 Å². The first-order valence-corrected chi connectivity index (χ1v) is 6.41. The number of aromatic nitrogens is 1. The smallest absolute Gasteiger partial charge is 0.265 e. The van der Waals surface area contributed by atoms with Gasteiger partial charge < -0.3 is 10.6 Å². The van der Waals surface area contributed by atoms with E-state index in [2.05, 4.69) is 11.9 Å². The monoisotopic (exact) mass is 239 g/mol. The van der Waals surface area contributed by atoms with Crippen LogP contribution in [0.3, 0.4) is 0 Å². The number of carbonyl (C=O) groups is 1. The molecule has 0 aromatic carbocycles. The fourth-order valence-electron chi connectivity index (χ4n) is 1.97. The van der Waals surface area contributed by atoms with Crippen molar-refractivity contribution in [1.82, 2.24) is 9.88 Å². The van der Waals surface area contributed by atoms with Crippen molar-refractivity contribution >= 4 is 22.4 Å². The maximum absolute atomic E-state index is 12.2. The first kappa shape index (κ1) is 11.4. The number of amides is 1. The fourth-order valence-corrected chi connectivity index (χ4v) is 2.77. The summed E-state index contributed by atoms with van der Waals surface area (Å²) in [7, 11) is 0. The SMILES string of the molecule is Cc1nc(N)sc1C(=O)N1CCC(C)CC1. The van der Waals surface area contributed by atoms with Gasteiger partial charge in [-0.25, -0.2) is 4.98 Å². The molecule has 2 rings (SSSR count). The molecule has 0 unspecified atom stereocenters. The zero-order valence-corrected chi connectivity index (χ0v) is 10.5. The number of hydrogen-bond acceptors (Lipinski definition) is 4. The maximum atomic E-state index is 12.2. The Morgan fingerprint density at radius 3 is 2.62 bits per heavy atom. The van der Waals surface area contributed by atoms with E-state index in [0.29, 0.717) is 10.0 Å². The molecule has 88 valence electrons. The number of rotatable bonds is 1. The molecule has 1 aliphatic rings. The Balaban J connectivity index is 2.10. The molecule has 0 atom stereocenters. The summed E-state index contributed by atoms with van der Waals surface area (Å²) in [6.07, 6.45) is 2.19. The molecule has 0 spiro atoms. The highest BCUT2D eigenvalue weighted by Crippen LogP contribution is 2.24. The van der Waals surface area contributed by atoms with Crippen LogP contribution in [-0.4, -0.2) is 28.9 Å². The van der Waals surface area contributed by atoms with Gasteiger partial charge in [0, 0.05) is 13.1 Å². The Labute approximate surface area is 99.5 Å². The van der Waals surface area contributed by atoms with Crippen LogP contribution in [0, 0.1) is 12.8 Å². The highest BCUT2D eigenvalue weighted by molar-refractivity contribution is 7.17. The highest BCUT2D eigenvalue weighted by atomic mass is 32.1. The van der Waals surface area contributed by atoms with Crippen LogP contribution < -0.4 is 5.73 Å². The van der Waals surface area contributed by atoms with E-state index >= 15 is 0 Å². The summed E-state index contributed by atoms with van der Waals surface area (Å²) in [4.78, 5) is 18.9. The number of piperidine rings is 1. The number of anilines is 1. The first-order valence-electron chi connectivity index (χ1n) is 5.60. The van der Waals surface area contributed by atoms with E-state index < -0.39 is 0 Å². The van der Waals surface area contributed by atoms with Gasteiger partial charge in [-0.05, 0) is 25.7 Å². The number of aryl methyl sites for hydroxylation is 1. The number of nitrogen functional groups attached to an aromatic ring is 1. The van der Waals surface area contributed by atoms with E-state index in [1.165, 1.54) is 11.3 Å². The third kappa shape index (κ3) is 2.19. The lowest BCUT2D eigenvalue weighted by Gasteiger charge is -2.29. The standard InChI is InChI=1S/C11H17N3OS/c1-7-3-5-14(6-4-7)10(15)9-8(2)13-11(12)16-9/h7H,3-6H2,1-2H3,(H2,12,13). The van der Waals surface area contributed by atoms with Crippen LogP contribution in [0.1, 0.15) is 35.1 Å². The molecular formula is C11H17N3OS. The molecule has 0 radical (unpaired) electrons. The van der Waals surface area contributed by atoms with Crippen molar-refractivity contribution in [3.63, 3.8) is 0 Å². The largest absolute Gasteiger partial charge is 0.375 e. The minimum atomic E-state index is 0.0959. The normalized spacial score (nSPS) is 17.8. The van der Waals surface area contributed by atoms with E-state index in [9.17, 15) is 4.79 Å². The third-order valence-corrected chi connectivity index (χ3v) is 4.05. The quantitative estimate of drug-likeness (QED) is 0.814. The van der Waals surface area contributed by atoms with Crippen LogP contribution in [-0.2, 0) is 0 Å². The molecule has 2 heterocycles. The van der Waals surface area contributed by atoms with Crippen LogP contribution in [0.4, 0.5) is 5.13 Å². The lowest BCUT2D eigenvalue weighted by molar-refractivity contribution is 0.0701. The van der Waals surface area contributed by atoms with Crippen molar-refractivity contribution in [3.05, 3.63) is 10.6 Å². The minimum absolute atomic E-state index is 0.0959. The van der Waals surface area contributed by atoms with Gasteiger partial charge in [0.15, 0.2) is 5.13 Å². The molecule has 1 aromatic heterocycles. The Morgan fingerprint density at radius 1 is 1.50 bits per heavy atom. The molecule has 0 bridgehead atoms. The van der Waals surface area contributed by atoms with Crippen LogP contribution in [0.15, 0.2) is 0 Å². The summed E-state index contributed by atoms with van der Waals surface area (Å²) < 4.78 is 0. The predicted octanol–water partition coefficient (Wildman–Crippen LogP) is 1.91. The third-order valence-electron chi connectivity index (χ3n) is 3.08. The zero-order chi connectivity index (χ0) is 11.7. The second kappa shape index (κ2) is 4.41. The van der Waals surface area contributed by atoms with E-state index in [1.807, 2.05) is 11.8 Å². The van der Waals surface area contributed by atoms with Gasteiger partial charge in [0.25, 0.3) is 5.91 Å². The molecule has 2 N–H and O–H groups in total. The van der Waals surface area contributed by atoms with Gasteiger partial charge in [-0.1, -0.05) is 18.3 Å². The molecule has 0 saturated carbocycles. The van der Waals surface area contributed by atoms with Crippen molar-refractivity contribution in [2.75, 3.05) is 18.8 Å². The summed E-state index contributed by atoms with van der Waals surface area (Å²) in [6, 6.07) is 0. The number of carbonyl (C=O) groups excluding carboxylic acids is 1. The van der Waals surface area contributed by atoms with Crippen LogP contribution in [0.2, 0.25) is 0 Å². The summed E-state index contributed by atoms with van der Waals surface area (Å²) in [5, 5.41) is 0.478. The summed E-state index contributed by atoms with van der Waals surface area (Å²) in [5.74, 6) is 0.829. The number of likely N-dealkylation sites (tertiary alicyclic amines) is 1.